The van der Waals surface area contributed by atoms with E-state index in [4.69, 9.17) is 14.2 Å². The quantitative estimate of drug-likeness (QED) is 0.0345. The molecule has 0 aliphatic carbocycles. The summed E-state index contributed by atoms with van der Waals surface area (Å²) in [6.45, 7) is 7.77. The molecule has 1 atom stereocenters. The highest BCUT2D eigenvalue weighted by Gasteiger charge is 2.17. The van der Waals surface area contributed by atoms with Gasteiger partial charge in [0, 0.05) is 19.4 Å². The molecule has 5 heteroatoms. The van der Waals surface area contributed by atoms with Crippen LogP contribution >= 0.6 is 0 Å². The highest BCUT2D eigenvalue weighted by molar-refractivity contribution is 5.70. The average Bonchev–Trinajstić information content (AvgIpc) is 3.36. The van der Waals surface area contributed by atoms with Gasteiger partial charge in [-0.2, -0.15) is 0 Å². The smallest absolute Gasteiger partial charge is 0.306 e. The lowest BCUT2D eigenvalue weighted by molar-refractivity contribution is -0.163. The molecular weight excluding hydrogens is 861 g/mol. The molecular formula is C65H120O5. The lowest BCUT2D eigenvalue weighted by Gasteiger charge is -2.18. The highest BCUT2D eigenvalue weighted by Crippen LogP contribution is 2.17. The molecule has 0 aliphatic heterocycles. The van der Waals surface area contributed by atoms with Crippen molar-refractivity contribution in [3.8, 4) is 0 Å². The lowest BCUT2D eigenvalue weighted by atomic mass is 10.0. The van der Waals surface area contributed by atoms with Gasteiger partial charge in [-0.1, -0.05) is 307 Å². The summed E-state index contributed by atoms with van der Waals surface area (Å²) in [7, 11) is 0. The van der Waals surface area contributed by atoms with Crippen LogP contribution in [0.3, 0.4) is 0 Å². The summed E-state index contributed by atoms with van der Waals surface area (Å²) in [5.41, 5.74) is 0. The Kier molecular flexibility index (Phi) is 59.3. The molecule has 0 aromatic heterocycles. The second-order valence-corrected chi connectivity index (χ2v) is 20.9. The Morgan fingerprint density at radius 2 is 0.643 bits per heavy atom. The van der Waals surface area contributed by atoms with Gasteiger partial charge in [-0.3, -0.25) is 9.59 Å². The minimum Gasteiger partial charge on any atom is -0.462 e. The van der Waals surface area contributed by atoms with Gasteiger partial charge in [0.1, 0.15) is 6.61 Å². The minimum absolute atomic E-state index is 0.0781. The van der Waals surface area contributed by atoms with Crippen molar-refractivity contribution in [3.05, 3.63) is 48.6 Å². The van der Waals surface area contributed by atoms with Gasteiger partial charge < -0.3 is 14.2 Å². The molecule has 0 radical (unpaired) electrons. The molecule has 0 amide bonds. The van der Waals surface area contributed by atoms with E-state index >= 15 is 0 Å². The molecule has 0 heterocycles. The molecule has 0 N–H and O–H groups in total. The van der Waals surface area contributed by atoms with Crippen molar-refractivity contribution in [2.75, 3.05) is 19.8 Å². The molecule has 410 valence electrons. The van der Waals surface area contributed by atoms with E-state index in [0.717, 1.165) is 77.0 Å². The van der Waals surface area contributed by atoms with Crippen molar-refractivity contribution >= 4 is 11.9 Å². The SMILES string of the molecule is CC/C=C\C/C=C\C/C=C\C/C=C\CCCCCCC(=O)OCC(COCCCCCCCCCCCCCCCCCCCCCC)OC(=O)CCCCCCCCCCCCCCCCCCC. The first kappa shape index (κ1) is 67.9. The van der Waals surface area contributed by atoms with Crippen molar-refractivity contribution in [1.29, 1.82) is 0 Å². The van der Waals surface area contributed by atoms with Crippen molar-refractivity contribution in [2.24, 2.45) is 0 Å². The monoisotopic (exact) mass is 981 g/mol. The van der Waals surface area contributed by atoms with E-state index in [9.17, 15) is 9.59 Å². The van der Waals surface area contributed by atoms with Gasteiger partial charge in [0.05, 0.1) is 6.61 Å². The Morgan fingerprint density at radius 3 is 1.03 bits per heavy atom. The van der Waals surface area contributed by atoms with Gasteiger partial charge in [0.25, 0.3) is 0 Å². The maximum atomic E-state index is 12.9. The van der Waals surface area contributed by atoms with Crippen LogP contribution in [0.1, 0.15) is 329 Å². The molecule has 0 saturated heterocycles. The highest BCUT2D eigenvalue weighted by atomic mass is 16.6. The summed E-state index contributed by atoms with van der Waals surface area (Å²) in [6, 6.07) is 0. The van der Waals surface area contributed by atoms with Crippen LogP contribution in [0.4, 0.5) is 0 Å². The van der Waals surface area contributed by atoms with E-state index in [1.807, 2.05) is 0 Å². The van der Waals surface area contributed by atoms with Crippen molar-refractivity contribution in [3.63, 3.8) is 0 Å². The number of hydrogen-bond donors (Lipinski definition) is 0. The molecule has 0 aromatic carbocycles. The number of hydrogen-bond acceptors (Lipinski definition) is 5. The Morgan fingerprint density at radius 1 is 0.329 bits per heavy atom. The van der Waals surface area contributed by atoms with Gasteiger partial charge in [0.15, 0.2) is 6.10 Å². The first-order valence-electron chi connectivity index (χ1n) is 31.2. The second kappa shape index (κ2) is 61.2. The Balaban J connectivity index is 4.25. The second-order valence-electron chi connectivity index (χ2n) is 20.9. The number of carbonyl (C=O) groups is 2. The largest absolute Gasteiger partial charge is 0.462 e. The number of rotatable bonds is 58. The summed E-state index contributed by atoms with van der Waals surface area (Å²) >= 11 is 0. The normalized spacial score (nSPS) is 12.4. The van der Waals surface area contributed by atoms with Gasteiger partial charge in [-0.05, 0) is 57.8 Å². The standard InChI is InChI=1S/C65H120O5/c1-4-7-10-13-16-19-22-25-28-31-32-33-36-39-42-45-48-51-54-57-60-68-61-63(70-65(67)59-56-53-50-47-44-41-38-35-30-27-24-21-18-15-12-9-6-3)62-69-64(66)58-55-52-49-46-43-40-37-34-29-26-23-20-17-14-11-8-5-2/h8,11,17,20,26,29,37,40,63H,4-7,9-10,12-16,18-19,21-25,27-28,30-36,38-39,41-62H2,1-3H3/b11-8-,20-17-,29-26-,40-37-. The predicted molar refractivity (Wildman–Crippen MR) is 307 cm³/mol. The molecule has 0 aromatic rings. The van der Waals surface area contributed by atoms with E-state index in [-0.39, 0.29) is 25.2 Å². The molecule has 5 nitrogen and oxygen atoms in total. The third-order valence-corrected chi connectivity index (χ3v) is 13.9. The Labute approximate surface area is 437 Å². The molecule has 0 fully saturated rings. The van der Waals surface area contributed by atoms with Crippen LogP contribution in [0.2, 0.25) is 0 Å². The maximum Gasteiger partial charge on any atom is 0.306 e. The zero-order valence-electron chi connectivity index (χ0n) is 47.3. The Bertz CT molecular complexity index is 1150. The van der Waals surface area contributed by atoms with Crippen molar-refractivity contribution in [2.45, 2.75) is 335 Å². The summed E-state index contributed by atoms with van der Waals surface area (Å²) in [5.74, 6) is -0.403. The minimum atomic E-state index is -0.543. The Hall–Kier alpha value is -2.14. The van der Waals surface area contributed by atoms with Crippen LogP contribution in [-0.4, -0.2) is 37.9 Å². The summed E-state index contributed by atoms with van der Waals surface area (Å²) in [6.07, 6.45) is 77.2. The molecule has 0 aliphatic rings. The number of unbranched alkanes of at least 4 members (excludes halogenated alkanes) is 39. The number of allylic oxidation sites excluding steroid dienone is 8. The molecule has 0 rings (SSSR count). The average molecular weight is 982 g/mol. The fraction of sp³-hybridized carbons (Fsp3) is 0.846. The van der Waals surface area contributed by atoms with Gasteiger partial charge >= 0.3 is 11.9 Å². The molecule has 0 saturated carbocycles. The van der Waals surface area contributed by atoms with E-state index in [1.165, 1.54) is 218 Å². The van der Waals surface area contributed by atoms with Crippen LogP contribution in [0.15, 0.2) is 48.6 Å². The van der Waals surface area contributed by atoms with Crippen LogP contribution < -0.4 is 0 Å². The third-order valence-electron chi connectivity index (χ3n) is 13.9. The first-order chi connectivity index (χ1) is 34.6. The zero-order chi connectivity index (χ0) is 50.6. The number of carbonyl (C=O) groups excluding carboxylic acids is 2. The summed E-state index contributed by atoms with van der Waals surface area (Å²) in [5, 5.41) is 0. The third kappa shape index (κ3) is 58.4. The fourth-order valence-corrected chi connectivity index (χ4v) is 9.27. The van der Waals surface area contributed by atoms with Gasteiger partial charge in [-0.15, -0.1) is 0 Å². The lowest BCUT2D eigenvalue weighted by Crippen LogP contribution is -2.30. The number of ether oxygens (including phenoxy) is 3. The maximum absolute atomic E-state index is 12.9. The van der Waals surface area contributed by atoms with Crippen LogP contribution in [-0.2, 0) is 23.8 Å². The number of esters is 2. The van der Waals surface area contributed by atoms with Crippen molar-refractivity contribution < 1.29 is 23.8 Å². The topological polar surface area (TPSA) is 61.8 Å². The van der Waals surface area contributed by atoms with E-state index in [2.05, 4.69) is 69.4 Å². The van der Waals surface area contributed by atoms with Crippen molar-refractivity contribution in [1.82, 2.24) is 0 Å². The molecule has 1 unspecified atom stereocenters. The summed E-state index contributed by atoms with van der Waals surface area (Å²) < 4.78 is 17.5. The van der Waals surface area contributed by atoms with Gasteiger partial charge in [0.2, 0.25) is 0 Å². The van der Waals surface area contributed by atoms with Crippen LogP contribution in [0.25, 0.3) is 0 Å². The first-order valence-corrected chi connectivity index (χ1v) is 31.2. The van der Waals surface area contributed by atoms with Crippen LogP contribution in [0.5, 0.6) is 0 Å². The van der Waals surface area contributed by atoms with Crippen LogP contribution in [0, 0.1) is 0 Å². The van der Waals surface area contributed by atoms with E-state index in [1.54, 1.807) is 0 Å². The van der Waals surface area contributed by atoms with Gasteiger partial charge in [-0.25, -0.2) is 0 Å². The van der Waals surface area contributed by atoms with E-state index in [0.29, 0.717) is 19.4 Å². The molecule has 0 bridgehead atoms. The molecule has 70 heavy (non-hydrogen) atoms. The fourth-order valence-electron chi connectivity index (χ4n) is 9.27. The van der Waals surface area contributed by atoms with E-state index < -0.39 is 6.10 Å². The zero-order valence-corrected chi connectivity index (χ0v) is 47.3. The summed E-state index contributed by atoms with van der Waals surface area (Å²) in [4.78, 5) is 25.6. The molecule has 0 spiro atoms. The predicted octanol–water partition coefficient (Wildman–Crippen LogP) is 21.5.